The molecule has 1 saturated carbocycles. The van der Waals surface area contributed by atoms with Gasteiger partial charge in [-0.3, -0.25) is 4.79 Å². The SMILES string of the molecule is CCCCCCCC1NCCC23CCCCC12CCC1=C3C(O)(OC(=O)CCC)C=CC1. The third-order valence-electron chi connectivity index (χ3n) is 9.13. The van der Waals surface area contributed by atoms with Gasteiger partial charge < -0.3 is 15.2 Å². The van der Waals surface area contributed by atoms with Crippen molar-refractivity contribution in [3.05, 3.63) is 23.3 Å². The van der Waals surface area contributed by atoms with Gasteiger partial charge in [0, 0.05) is 23.5 Å². The molecule has 4 unspecified atom stereocenters. The topological polar surface area (TPSA) is 58.6 Å². The van der Waals surface area contributed by atoms with Gasteiger partial charge in [-0.1, -0.05) is 70.4 Å². The summed E-state index contributed by atoms with van der Waals surface area (Å²) in [6.45, 7) is 5.26. The maximum absolute atomic E-state index is 12.5. The van der Waals surface area contributed by atoms with Crippen LogP contribution in [-0.2, 0) is 9.53 Å². The Hall–Kier alpha value is -1.13. The molecule has 4 atom stereocenters. The quantitative estimate of drug-likeness (QED) is 0.189. The summed E-state index contributed by atoms with van der Waals surface area (Å²) in [6.07, 6.45) is 21.8. The lowest BCUT2D eigenvalue weighted by molar-refractivity contribution is -0.193. The fraction of sp³-hybridized carbons (Fsp3) is 0.821. The van der Waals surface area contributed by atoms with E-state index in [1.54, 1.807) is 6.08 Å². The molecule has 4 rings (SSSR count). The van der Waals surface area contributed by atoms with Crippen LogP contribution in [0.1, 0.15) is 117 Å². The molecule has 3 aliphatic carbocycles. The van der Waals surface area contributed by atoms with Gasteiger partial charge in [0.1, 0.15) is 0 Å². The summed E-state index contributed by atoms with van der Waals surface area (Å²) in [7, 11) is 0. The summed E-state index contributed by atoms with van der Waals surface area (Å²) < 4.78 is 5.89. The number of rotatable bonds is 9. The van der Waals surface area contributed by atoms with E-state index in [0.717, 1.165) is 44.2 Å². The molecule has 1 saturated heterocycles. The van der Waals surface area contributed by atoms with Gasteiger partial charge in [-0.15, -0.1) is 0 Å². The Morgan fingerprint density at radius 3 is 2.72 bits per heavy atom. The van der Waals surface area contributed by atoms with Gasteiger partial charge in [-0.25, -0.2) is 0 Å². The first-order valence-corrected chi connectivity index (χ1v) is 13.6. The molecular weight excluding hydrogens is 398 g/mol. The molecule has 0 aromatic rings. The van der Waals surface area contributed by atoms with E-state index in [9.17, 15) is 9.90 Å². The Kier molecular flexibility index (Phi) is 7.51. The molecule has 2 N–H and O–H groups in total. The number of carbonyl (C=O) groups excluding carboxylic acids is 1. The molecule has 0 aromatic heterocycles. The highest BCUT2D eigenvalue weighted by atomic mass is 16.7. The average Bonchev–Trinajstić information content (AvgIpc) is 2.78. The molecule has 4 nitrogen and oxygen atoms in total. The monoisotopic (exact) mass is 443 g/mol. The van der Waals surface area contributed by atoms with Gasteiger partial charge in [0.2, 0.25) is 0 Å². The standard InChI is InChI=1S/C28H45NO3/c1-3-5-6-7-8-14-23-26-16-9-10-17-27(26,20-21-29-23)25-22(15-19-26)13-11-18-28(25,31)32-24(30)12-4-2/h11,18,23,29,31H,3-10,12-17,19-21H2,1-2H3. The minimum atomic E-state index is -1.55. The maximum atomic E-state index is 12.5. The van der Waals surface area contributed by atoms with Crippen molar-refractivity contribution >= 4 is 5.97 Å². The van der Waals surface area contributed by atoms with E-state index in [1.807, 2.05) is 13.0 Å². The van der Waals surface area contributed by atoms with Crippen molar-refractivity contribution in [2.45, 2.75) is 128 Å². The molecule has 0 amide bonds. The van der Waals surface area contributed by atoms with Crippen LogP contribution in [-0.4, -0.2) is 29.4 Å². The molecule has 1 aliphatic heterocycles. The first-order chi connectivity index (χ1) is 15.5. The van der Waals surface area contributed by atoms with Crippen LogP contribution in [0.5, 0.6) is 0 Å². The lowest BCUT2D eigenvalue weighted by atomic mass is 9.42. The smallest absolute Gasteiger partial charge is 0.308 e. The van der Waals surface area contributed by atoms with Crippen LogP contribution in [0.2, 0.25) is 0 Å². The second-order valence-corrected chi connectivity index (χ2v) is 10.9. The summed E-state index contributed by atoms with van der Waals surface area (Å²) in [5.74, 6) is -1.83. The highest BCUT2D eigenvalue weighted by Crippen LogP contribution is 2.68. The molecule has 0 radical (unpaired) electrons. The van der Waals surface area contributed by atoms with Gasteiger partial charge >= 0.3 is 5.97 Å². The van der Waals surface area contributed by atoms with E-state index >= 15 is 0 Å². The zero-order valence-corrected chi connectivity index (χ0v) is 20.5. The van der Waals surface area contributed by atoms with Crippen LogP contribution >= 0.6 is 0 Å². The summed E-state index contributed by atoms with van der Waals surface area (Å²) in [5.41, 5.74) is 2.59. The Bertz CT molecular complexity index is 739. The molecule has 32 heavy (non-hydrogen) atoms. The van der Waals surface area contributed by atoms with Crippen molar-refractivity contribution in [1.82, 2.24) is 5.32 Å². The Balaban J connectivity index is 1.66. The van der Waals surface area contributed by atoms with E-state index in [4.69, 9.17) is 4.74 Å². The normalized spacial score (nSPS) is 36.3. The average molecular weight is 444 g/mol. The minimum Gasteiger partial charge on any atom is -0.425 e. The first kappa shape index (κ1) is 24.0. The van der Waals surface area contributed by atoms with Crippen LogP contribution < -0.4 is 5.32 Å². The number of hydrogen-bond acceptors (Lipinski definition) is 4. The van der Waals surface area contributed by atoms with Gasteiger partial charge in [0.15, 0.2) is 0 Å². The summed E-state index contributed by atoms with van der Waals surface area (Å²) in [5, 5.41) is 15.8. The number of allylic oxidation sites excluding steroid dienone is 2. The number of piperidine rings is 1. The number of esters is 1. The molecule has 0 spiro atoms. The number of carbonyl (C=O) groups is 1. The van der Waals surface area contributed by atoms with Crippen LogP contribution in [0.15, 0.2) is 23.3 Å². The van der Waals surface area contributed by atoms with Crippen LogP contribution in [0, 0.1) is 10.8 Å². The third kappa shape index (κ3) is 4.11. The van der Waals surface area contributed by atoms with Crippen LogP contribution in [0.4, 0.5) is 0 Å². The first-order valence-electron chi connectivity index (χ1n) is 13.6. The van der Waals surface area contributed by atoms with Gasteiger partial charge in [0.05, 0.1) is 0 Å². The molecular formula is C28H45NO3. The number of hydrogen-bond donors (Lipinski definition) is 2. The van der Waals surface area contributed by atoms with Crippen molar-refractivity contribution in [3.63, 3.8) is 0 Å². The van der Waals surface area contributed by atoms with Crippen molar-refractivity contribution < 1.29 is 14.6 Å². The molecule has 4 aliphatic rings. The largest absolute Gasteiger partial charge is 0.425 e. The number of aliphatic hydroxyl groups is 1. The molecule has 4 heteroatoms. The van der Waals surface area contributed by atoms with Crippen LogP contribution in [0.3, 0.4) is 0 Å². The molecule has 1 heterocycles. The number of nitrogens with one attached hydrogen (secondary N) is 1. The van der Waals surface area contributed by atoms with Gasteiger partial charge in [-0.2, -0.15) is 0 Å². The van der Waals surface area contributed by atoms with Crippen molar-refractivity contribution in [3.8, 4) is 0 Å². The minimum absolute atomic E-state index is 0.0375. The van der Waals surface area contributed by atoms with Gasteiger partial charge in [0.25, 0.3) is 5.79 Å². The Morgan fingerprint density at radius 1 is 1.09 bits per heavy atom. The molecule has 0 aromatic carbocycles. The van der Waals surface area contributed by atoms with E-state index < -0.39 is 5.79 Å². The summed E-state index contributed by atoms with van der Waals surface area (Å²) >= 11 is 0. The Morgan fingerprint density at radius 2 is 1.91 bits per heavy atom. The second kappa shape index (κ2) is 10.0. The predicted molar refractivity (Wildman–Crippen MR) is 129 cm³/mol. The third-order valence-corrected chi connectivity index (χ3v) is 9.13. The van der Waals surface area contributed by atoms with E-state index in [2.05, 4.69) is 12.2 Å². The lowest BCUT2D eigenvalue weighted by Gasteiger charge is -2.66. The zero-order chi connectivity index (χ0) is 22.7. The van der Waals surface area contributed by atoms with Crippen molar-refractivity contribution in [1.29, 1.82) is 0 Å². The predicted octanol–water partition coefficient (Wildman–Crippen LogP) is 6.34. The van der Waals surface area contributed by atoms with E-state index in [-0.39, 0.29) is 16.8 Å². The summed E-state index contributed by atoms with van der Waals surface area (Å²) in [6, 6.07) is 0.508. The fourth-order valence-corrected chi connectivity index (χ4v) is 7.86. The molecule has 2 fully saturated rings. The maximum Gasteiger partial charge on any atom is 0.308 e. The fourth-order valence-electron chi connectivity index (χ4n) is 7.86. The second-order valence-electron chi connectivity index (χ2n) is 10.9. The van der Waals surface area contributed by atoms with E-state index in [0.29, 0.717) is 12.5 Å². The van der Waals surface area contributed by atoms with Crippen LogP contribution in [0.25, 0.3) is 0 Å². The van der Waals surface area contributed by atoms with Gasteiger partial charge in [-0.05, 0) is 69.4 Å². The molecule has 180 valence electrons. The molecule has 0 bridgehead atoms. The van der Waals surface area contributed by atoms with Crippen molar-refractivity contribution in [2.75, 3.05) is 6.54 Å². The number of unbranched alkanes of at least 4 members (excludes halogenated alkanes) is 4. The zero-order valence-electron chi connectivity index (χ0n) is 20.5. The number of ether oxygens (including phenoxy) is 1. The van der Waals surface area contributed by atoms with E-state index in [1.165, 1.54) is 69.8 Å². The highest BCUT2D eigenvalue weighted by molar-refractivity contribution is 5.70. The Labute approximate surface area is 195 Å². The van der Waals surface area contributed by atoms with Crippen molar-refractivity contribution in [2.24, 2.45) is 10.8 Å². The lowest BCUT2D eigenvalue weighted by Crippen LogP contribution is -2.66. The highest BCUT2D eigenvalue weighted by Gasteiger charge is 2.65. The summed E-state index contributed by atoms with van der Waals surface area (Å²) in [4.78, 5) is 12.5.